The van der Waals surface area contributed by atoms with E-state index in [0.717, 1.165) is 30.3 Å². The molecule has 0 saturated heterocycles. The summed E-state index contributed by atoms with van der Waals surface area (Å²) < 4.78 is 106. The molecule has 0 spiro atoms. The molecule has 2 aromatic carbocycles. The Balaban J connectivity index is 0.000000175. The summed E-state index contributed by atoms with van der Waals surface area (Å²) in [5.41, 5.74) is 4.71. The molecule has 2 fully saturated rings. The number of aromatic nitrogens is 10. The highest BCUT2D eigenvalue weighted by molar-refractivity contribution is 9.10. The lowest BCUT2D eigenvalue weighted by atomic mass is 9.96. The first-order valence-electron chi connectivity index (χ1n) is 23.6. The first-order chi connectivity index (χ1) is 36.7. The standard InChI is InChI=1S/C25H22BrF3N6O3.C20H21F3N4O.C5H2BrFN2O2/c1-14(38-22-7-18(26)10-30-24(22)35(36)37)21-8-19(27)4-5-20(21)23-17(13-34(32-23)25(28)29)6-16-9-31-33(12-16)11-15-2-3-15;1-12(28)18-7-16(21)4-5-17(18)19-15(11-27(25-19)20(22)23)6-14-8-24-26(10-14)9-13-2-3-13;6-3-1-4(7)5(8-2-3)9(10)11/h4-5,7-10,12-15,25H,2-3,6,11H2,1H3;4-5,7-8,10-13,20,28H,2-3,6,9H2,1H3;1-2H/t14-;12-;/m11./s1. The summed E-state index contributed by atoms with van der Waals surface area (Å²) in [4.78, 5) is 26.9. The van der Waals surface area contributed by atoms with E-state index in [0.29, 0.717) is 70.1 Å². The van der Waals surface area contributed by atoms with Gasteiger partial charge in [0, 0.05) is 90.7 Å². The van der Waals surface area contributed by atoms with Crippen LogP contribution >= 0.6 is 31.9 Å². The summed E-state index contributed by atoms with van der Waals surface area (Å²) in [5, 5.41) is 48.3. The molecule has 2 atom stereocenters. The van der Waals surface area contributed by atoms with Crippen molar-refractivity contribution in [3.05, 3.63) is 178 Å². The minimum atomic E-state index is -2.88. The van der Waals surface area contributed by atoms with E-state index in [-0.39, 0.29) is 23.4 Å². The maximum absolute atomic E-state index is 14.4. The second-order valence-electron chi connectivity index (χ2n) is 18.3. The number of pyridine rings is 2. The molecule has 0 aliphatic heterocycles. The largest absolute Gasteiger partial charge is 0.478 e. The van der Waals surface area contributed by atoms with Crippen LogP contribution in [0.2, 0.25) is 0 Å². The average molecular weight is 1200 g/mol. The number of alkyl halides is 4. The van der Waals surface area contributed by atoms with Crippen molar-refractivity contribution in [2.24, 2.45) is 11.8 Å². The molecular weight excluding hydrogens is 1160 g/mol. The number of aliphatic hydroxyl groups is 1. The molecule has 404 valence electrons. The Kier molecular flexibility index (Phi) is 17.6. The molecule has 0 radical (unpaired) electrons. The van der Waals surface area contributed by atoms with Gasteiger partial charge in [0.15, 0.2) is 12.4 Å². The van der Waals surface area contributed by atoms with Crippen LogP contribution in [0.15, 0.2) is 107 Å². The van der Waals surface area contributed by atoms with E-state index >= 15 is 0 Å². The third kappa shape index (κ3) is 14.6. The highest BCUT2D eigenvalue weighted by Gasteiger charge is 2.28. The van der Waals surface area contributed by atoms with Gasteiger partial charge in [0.1, 0.15) is 17.7 Å². The smallest absolute Gasteiger partial charge is 0.406 e. The Morgan fingerprint density at radius 3 is 1.56 bits per heavy atom. The van der Waals surface area contributed by atoms with Crippen LogP contribution < -0.4 is 4.74 Å². The predicted molar refractivity (Wildman–Crippen MR) is 270 cm³/mol. The molecule has 27 heteroatoms. The summed E-state index contributed by atoms with van der Waals surface area (Å²) in [7, 11) is 0. The normalized spacial score (nSPS) is 13.9. The topological polar surface area (TPSA) is 213 Å². The van der Waals surface area contributed by atoms with E-state index in [9.17, 15) is 56.1 Å². The van der Waals surface area contributed by atoms with Gasteiger partial charge < -0.3 is 30.1 Å². The molecule has 0 amide bonds. The number of aliphatic hydroxyl groups excluding tert-OH is 1. The number of rotatable bonds is 18. The first-order valence-corrected chi connectivity index (χ1v) is 25.2. The maximum atomic E-state index is 14.4. The fourth-order valence-electron chi connectivity index (χ4n) is 8.15. The van der Waals surface area contributed by atoms with Gasteiger partial charge in [-0.15, -0.1) is 0 Å². The van der Waals surface area contributed by atoms with Gasteiger partial charge in [-0.3, -0.25) is 9.36 Å². The lowest BCUT2D eigenvalue weighted by molar-refractivity contribution is -0.392. The molecule has 18 nitrogen and oxygen atoms in total. The number of hydrogen-bond donors (Lipinski definition) is 1. The van der Waals surface area contributed by atoms with Crippen molar-refractivity contribution >= 4 is 43.5 Å². The van der Waals surface area contributed by atoms with Gasteiger partial charge in [-0.05, 0) is 156 Å². The Bertz CT molecular complexity index is 3400. The minimum Gasteiger partial charge on any atom is -0.478 e. The zero-order chi connectivity index (χ0) is 55.2. The number of benzene rings is 2. The van der Waals surface area contributed by atoms with Crippen molar-refractivity contribution in [1.29, 1.82) is 0 Å². The molecule has 8 aromatic rings. The lowest BCUT2D eigenvalue weighted by Gasteiger charge is -2.18. The van der Waals surface area contributed by atoms with Crippen LogP contribution in [0, 0.1) is 49.5 Å². The molecule has 0 bridgehead atoms. The predicted octanol–water partition coefficient (Wildman–Crippen LogP) is 12.7. The molecular formula is C50H45Br2F7N12O6. The van der Waals surface area contributed by atoms with Gasteiger partial charge in [-0.25, -0.2) is 18.1 Å². The highest BCUT2D eigenvalue weighted by atomic mass is 79.9. The first kappa shape index (κ1) is 55.8. The third-order valence-corrected chi connectivity index (χ3v) is 13.0. The van der Waals surface area contributed by atoms with Gasteiger partial charge in [0.05, 0.1) is 38.8 Å². The van der Waals surface area contributed by atoms with Gasteiger partial charge in [0.2, 0.25) is 11.6 Å². The van der Waals surface area contributed by atoms with Crippen LogP contribution in [0.5, 0.6) is 5.75 Å². The number of hydrogen-bond acceptors (Lipinski definition) is 12. The fraction of sp³-hybridized carbons (Fsp3) is 0.320. The Labute approximate surface area is 450 Å². The van der Waals surface area contributed by atoms with E-state index in [1.807, 2.05) is 21.8 Å². The molecule has 6 heterocycles. The van der Waals surface area contributed by atoms with Crippen molar-refractivity contribution < 1.29 is 50.4 Å². The Morgan fingerprint density at radius 1 is 0.662 bits per heavy atom. The van der Waals surface area contributed by atoms with E-state index in [2.05, 4.69) is 62.2 Å². The van der Waals surface area contributed by atoms with E-state index < -0.39 is 64.2 Å². The van der Waals surface area contributed by atoms with Crippen LogP contribution in [0.1, 0.15) is 98.2 Å². The molecule has 2 aliphatic rings. The van der Waals surface area contributed by atoms with E-state index in [1.165, 1.54) is 99.9 Å². The van der Waals surface area contributed by atoms with Gasteiger partial charge in [-0.2, -0.15) is 42.3 Å². The van der Waals surface area contributed by atoms with Crippen LogP contribution in [-0.4, -0.2) is 64.0 Å². The monoisotopic (exact) mass is 1200 g/mol. The Morgan fingerprint density at radius 2 is 1.12 bits per heavy atom. The zero-order valence-corrected chi connectivity index (χ0v) is 43.8. The molecule has 1 N–H and O–H groups in total. The van der Waals surface area contributed by atoms with E-state index in [1.54, 1.807) is 19.3 Å². The van der Waals surface area contributed by atoms with Crippen LogP contribution in [0.4, 0.5) is 42.4 Å². The van der Waals surface area contributed by atoms with Crippen molar-refractivity contribution in [2.75, 3.05) is 0 Å². The summed E-state index contributed by atoms with van der Waals surface area (Å²) in [6.07, 6.45) is 15.8. The SMILES string of the molecule is C[C@@H](O)c1cc(F)ccc1-c1nn(C(F)F)cc1Cc1cnn(CC2CC2)c1.C[C@@H](Oc1cc(Br)cnc1[N+](=O)[O-])c1cc(F)ccc1-c1nn(C(F)F)cc1Cc1cnn(CC2CC2)c1.O=[N+]([O-])c1ncc(Br)cc1F. The number of nitro groups is 2. The van der Waals surface area contributed by atoms with Crippen LogP contribution in [0.3, 0.4) is 0 Å². The van der Waals surface area contributed by atoms with Gasteiger partial charge in [0.25, 0.3) is 0 Å². The van der Waals surface area contributed by atoms with Crippen molar-refractivity contribution in [1.82, 2.24) is 49.1 Å². The average Bonchev–Trinajstić information content (AvgIpc) is 4.15. The molecule has 77 heavy (non-hydrogen) atoms. The summed E-state index contributed by atoms with van der Waals surface area (Å²) in [5.74, 6) is -2.12. The highest BCUT2D eigenvalue weighted by Crippen LogP contribution is 2.38. The fourth-order valence-corrected chi connectivity index (χ4v) is 8.76. The quantitative estimate of drug-likeness (QED) is 0.0483. The van der Waals surface area contributed by atoms with Crippen LogP contribution in [-0.2, 0) is 25.9 Å². The second kappa shape index (κ2) is 24.3. The van der Waals surface area contributed by atoms with Crippen molar-refractivity contribution in [3.63, 3.8) is 0 Å². The maximum Gasteiger partial charge on any atom is 0.406 e. The molecule has 2 saturated carbocycles. The summed E-state index contributed by atoms with van der Waals surface area (Å²) >= 11 is 6.13. The van der Waals surface area contributed by atoms with Crippen LogP contribution in [0.25, 0.3) is 22.5 Å². The lowest BCUT2D eigenvalue weighted by Crippen LogP contribution is -2.08. The number of halogens is 9. The molecule has 0 unspecified atom stereocenters. The summed E-state index contributed by atoms with van der Waals surface area (Å²) in [6.45, 7) is -0.906. The second-order valence-corrected chi connectivity index (χ2v) is 20.1. The molecule has 2 aliphatic carbocycles. The van der Waals surface area contributed by atoms with E-state index in [4.69, 9.17) is 4.74 Å². The number of ether oxygens (including phenoxy) is 1. The molecule has 10 rings (SSSR count). The Hall–Kier alpha value is -7.39. The van der Waals surface area contributed by atoms with Crippen molar-refractivity contribution in [2.45, 2.75) is 90.8 Å². The number of nitrogens with zero attached hydrogens (tertiary/aromatic N) is 12. The zero-order valence-electron chi connectivity index (χ0n) is 40.6. The minimum absolute atomic E-state index is 0.131. The molecule has 6 aromatic heterocycles. The van der Waals surface area contributed by atoms with Gasteiger partial charge >= 0.3 is 24.7 Å². The third-order valence-electron chi connectivity index (χ3n) is 12.1. The van der Waals surface area contributed by atoms with Gasteiger partial charge in [-0.1, -0.05) is 0 Å². The van der Waals surface area contributed by atoms with Crippen molar-refractivity contribution in [3.8, 4) is 28.3 Å². The summed E-state index contributed by atoms with van der Waals surface area (Å²) in [6, 6.07) is 10.1.